The molecule has 4 nitrogen and oxygen atoms in total. The van der Waals surface area contributed by atoms with Crippen LogP contribution in [0.3, 0.4) is 0 Å². The van der Waals surface area contributed by atoms with E-state index in [1.807, 2.05) is 0 Å². The van der Waals surface area contributed by atoms with Crippen LogP contribution in [0.2, 0.25) is 0 Å². The summed E-state index contributed by atoms with van der Waals surface area (Å²) in [4.78, 5) is 16.0. The summed E-state index contributed by atoms with van der Waals surface area (Å²) in [6, 6.07) is 9.34. The van der Waals surface area contributed by atoms with Crippen LogP contribution in [0.5, 0.6) is 0 Å². The van der Waals surface area contributed by atoms with Gasteiger partial charge in [-0.25, -0.2) is 9.37 Å². The van der Waals surface area contributed by atoms with Gasteiger partial charge in [-0.2, -0.15) is 13.2 Å². The minimum absolute atomic E-state index is 0.0120. The Bertz CT molecular complexity index is 884. The van der Waals surface area contributed by atoms with Crippen molar-refractivity contribution in [2.75, 3.05) is 5.32 Å². The number of anilines is 1. The number of aromatic nitrogens is 1. The summed E-state index contributed by atoms with van der Waals surface area (Å²) in [6.45, 7) is 0. The van der Waals surface area contributed by atoms with Crippen LogP contribution in [0, 0.1) is 5.82 Å². The third kappa shape index (κ3) is 3.85. The van der Waals surface area contributed by atoms with Crippen LogP contribution in [-0.2, 0) is 6.18 Å². The molecule has 1 aromatic heterocycles. The molecule has 3 rings (SSSR count). The number of carbonyl (C=O) groups excluding carboxylic acids is 1. The number of hydrogen-bond donors (Lipinski definition) is 1. The van der Waals surface area contributed by atoms with E-state index in [0.717, 1.165) is 18.4 Å². The van der Waals surface area contributed by atoms with Crippen molar-refractivity contribution in [1.82, 2.24) is 4.98 Å². The Morgan fingerprint density at radius 3 is 2.24 bits per heavy atom. The number of alkyl halides is 3. The maximum atomic E-state index is 12.8. The smallest absolute Gasteiger partial charge is 0.416 e. The van der Waals surface area contributed by atoms with Gasteiger partial charge >= 0.3 is 6.18 Å². The highest BCUT2D eigenvalue weighted by atomic mass is 19.4. The molecule has 0 aliphatic rings. The topological polar surface area (TPSA) is 55.1 Å². The molecule has 1 N–H and O–H groups in total. The molecular weight excluding hydrogens is 340 g/mol. The van der Waals surface area contributed by atoms with Gasteiger partial charge in [0.15, 0.2) is 5.69 Å². The Kier molecular flexibility index (Phi) is 4.26. The fraction of sp³-hybridized carbons (Fsp3) is 0.0588. The number of nitrogens with one attached hydrogen (secondary N) is 1. The van der Waals surface area contributed by atoms with E-state index in [9.17, 15) is 22.4 Å². The number of halogens is 4. The molecule has 0 spiro atoms. The van der Waals surface area contributed by atoms with E-state index in [0.29, 0.717) is 11.3 Å². The highest BCUT2D eigenvalue weighted by molar-refractivity contribution is 6.02. The summed E-state index contributed by atoms with van der Waals surface area (Å²) in [5, 5.41) is 2.50. The lowest BCUT2D eigenvalue weighted by Crippen LogP contribution is -2.12. The fourth-order valence-corrected chi connectivity index (χ4v) is 2.04. The van der Waals surface area contributed by atoms with Crippen molar-refractivity contribution in [3.8, 4) is 11.5 Å². The van der Waals surface area contributed by atoms with Gasteiger partial charge in [-0.3, -0.25) is 4.79 Å². The van der Waals surface area contributed by atoms with Crippen molar-refractivity contribution >= 4 is 11.6 Å². The maximum absolute atomic E-state index is 12.8. The summed E-state index contributed by atoms with van der Waals surface area (Å²) in [5.74, 6) is -1.02. The zero-order valence-electron chi connectivity index (χ0n) is 12.5. The Labute approximate surface area is 139 Å². The van der Waals surface area contributed by atoms with E-state index in [1.54, 1.807) is 0 Å². The van der Waals surface area contributed by atoms with Crippen molar-refractivity contribution in [3.05, 3.63) is 71.9 Å². The first kappa shape index (κ1) is 16.7. The van der Waals surface area contributed by atoms with Crippen LogP contribution in [0.25, 0.3) is 11.5 Å². The van der Waals surface area contributed by atoms with Crippen LogP contribution in [0.15, 0.2) is 59.2 Å². The summed E-state index contributed by atoms with van der Waals surface area (Å²) < 4.78 is 55.6. The number of carbonyl (C=O) groups is 1. The molecule has 0 saturated carbocycles. The zero-order valence-corrected chi connectivity index (χ0v) is 12.5. The van der Waals surface area contributed by atoms with Gasteiger partial charge in [0.05, 0.1) is 5.56 Å². The van der Waals surface area contributed by atoms with Gasteiger partial charge < -0.3 is 9.73 Å². The van der Waals surface area contributed by atoms with Gasteiger partial charge in [0.25, 0.3) is 5.91 Å². The maximum Gasteiger partial charge on any atom is 0.416 e. The third-order valence-electron chi connectivity index (χ3n) is 3.30. The van der Waals surface area contributed by atoms with Crippen molar-refractivity contribution < 1.29 is 26.8 Å². The number of nitrogens with zero attached hydrogens (tertiary/aromatic N) is 1. The van der Waals surface area contributed by atoms with Crippen molar-refractivity contribution in [3.63, 3.8) is 0 Å². The van der Waals surface area contributed by atoms with Crippen LogP contribution in [-0.4, -0.2) is 10.9 Å². The Hall–Kier alpha value is -3.16. The lowest BCUT2D eigenvalue weighted by molar-refractivity contribution is -0.137. The first-order valence-corrected chi connectivity index (χ1v) is 7.03. The molecule has 25 heavy (non-hydrogen) atoms. The minimum Gasteiger partial charge on any atom is -0.444 e. The van der Waals surface area contributed by atoms with Gasteiger partial charge in [0.2, 0.25) is 5.89 Å². The molecule has 0 aliphatic carbocycles. The van der Waals surface area contributed by atoms with E-state index in [4.69, 9.17) is 4.42 Å². The van der Waals surface area contributed by atoms with E-state index in [1.165, 1.54) is 36.4 Å². The largest absolute Gasteiger partial charge is 0.444 e. The molecule has 0 saturated heterocycles. The average Bonchev–Trinajstić information content (AvgIpc) is 3.06. The molecule has 8 heteroatoms. The molecule has 3 aromatic rings. The summed E-state index contributed by atoms with van der Waals surface area (Å²) in [6.07, 6.45) is -3.35. The highest BCUT2D eigenvalue weighted by Crippen LogP contribution is 2.30. The molecule has 0 atom stereocenters. The number of rotatable bonds is 3. The minimum atomic E-state index is -4.44. The molecule has 0 radical (unpaired) electrons. The first-order chi connectivity index (χ1) is 11.8. The van der Waals surface area contributed by atoms with Gasteiger partial charge in [-0.05, 0) is 48.5 Å². The monoisotopic (exact) mass is 350 g/mol. The van der Waals surface area contributed by atoms with Crippen molar-refractivity contribution in [2.24, 2.45) is 0 Å². The Morgan fingerprint density at radius 1 is 1.00 bits per heavy atom. The van der Waals surface area contributed by atoms with Gasteiger partial charge in [-0.15, -0.1) is 0 Å². The second-order valence-corrected chi connectivity index (χ2v) is 5.07. The number of benzene rings is 2. The van der Waals surface area contributed by atoms with Crippen molar-refractivity contribution in [1.29, 1.82) is 0 Å². The summed E-state index contributed by atoms with van der Waals surface area (Å²) >= 11 is 0. The highest BCUT2D eigenvalue weighted by Gasteiger charge is 2.30. The van der Waals surface area contributed by atoms with Crippen LogP contribution < -0.4 is 5.32 Å². The van der Waals surface area contributed by atoms with Crippen LogP contribution >= 0.6 is 0 Å². The van der Waals surface area contributed by atoms with E-state index in [2.05, 4.69) is 10.3 Å². The number of hydrogen-bond acceptors (Lipinski definition) is 3. The predicted octanol–water partition coefficient (Wildman–Crippen LogP) is 4.75. The standard InChI is InChI=1S/C17H10F4N2O2/c18-12-5-7-13(8-6-12)22-15(24)14-9-25-16(23-14)10-1-3-11(4-2-10)17(19,20)21/h1-9H,(H,22,24). The lowest BCUT2D eigenvalue weighted by Gasteiger charge is -2.06. The van der Waals surface area contributed by atoms with Gasteiger partial charge in [0, 0.05) is 11.3 Å². The van der Waals surface area contributed by atoms with E-state index in [-0.39, 0.29) is 11.6 Å². The molecule has 0 fully saturated rings. The molecule has 1 amide bonds. The fourth-order valence-electron chi connectivity index (χ4n) is 2.04. The summed E-state index contributed by atoms with van der Waals surface area (Å²) in [5.41, 5.74) is -0.185. The number of oxazole rings is 1. The van der Waals surface area contributed by atoms with Gasteiger partial charge in [-0.1, -0.05) is 0 Å². The first-order valence-electron chi connectivity index (χ1n) is 7.03. The van der Waals surface area contributed by atoms with Crippen LogP contribution in [0.1, 0.15) is 16.1 Å². The SMILES string of the molecule is O=C(Nc1ccc(F)cc1)c1coc(-c2ccc(C(F)(F)F)cc2)n1. The Balaban J connectivity index is 1.75. The van der Waals surface area contributed by atoms with Gasteiger partial charge in [0.1, 0.15) is 12.1 Å². The second kappa shape index (κ2) is 6.39. The molecule has 1 heterocycles. The molecule has 128 valence electrons. The average molecular weight is 350 g/mol. The Morgan fingerprint density at radius 2 is 1.64 bits per heavy atom. The molecule has 2 aromatic carbocycles. The number of amides is 1. The quantitative estimate of drug-likeness (QED) is 0.694. The predicted molar refractivity (Wildman–Crippen MR) is 81.3 cm³/mol. The summed E-state index contributed by atoms with van der Waals surface area (Å²) in [7, 11) is 0. The van der Waals surface area contributed by atoms with Crippen molar-refractivity contribution in [2.45, 2.75) is 6.18 Å². The van der Waals surface area contributed by atoms with Crippen LogP contribution in [0.4, 0.5) is 23.2 Å². The molecule has 0 unspecified atom stereocenters. The third-order valence-corrected chi connectivity index (χ3v) is 3.30. The molecular formula is C17H10F4N2O2. The molecule has 0 aliphatic heterocycles. The van der Waals surface area contributed by atoms with E-state index < -0.39 is 23.5 Å². The lowest BCUT2D eigenvalue weighted by atomic mass is 10.1. The normalized spacial score (nSPS) is 11.4. The zero-order chi connectivity index (χ0) is 18.0. The van der Waals surface area contributed by atoms with E-state index >= 15 is 0 Å². The molecule has 0 bridgehead atoms. The second-order valence-electron chi connectivity index (χ2n) is 5.07.